The number of hydrazone groups is 1. The van der Waals surface area contributed by atoms with Crippen molar-refractivity contribution in [2.24, 2.45) is 5.10 Å². The average molecular weight is 354 g/mol. The van der Waals surface area contributed by atoms with Crippen molar-refractivity contribution in [3.8, 4) is 17.2 Å². The maximum atomic E-state index is 12.1. The van der Waals surface area contributed by atoms with E-state index in [9.17, 15) is 4.79 Å². The molecule has 2 aromatic rings. The largest absolute Gasteiger partial charge is 0.497 e. The monoisotopic (exact) mass is 354 g/mol. The molecule has 136 valence electrons. The van der Waals surface area contributed by atoms with Crippen molar-refractivity contribution < 1.29 is 19.0 Å². The second-order valence-electron chi connectivity index (χ2n) is 5.17. The van der Waals surface area contributed by atoms with Gasteiger partial charge in [-0.15, -0.1) is 0 Å². The Kier molecular flexibility index (Phi) is 7.24. The van der Waals surface area contributed by atoms with E-state index in [2.05, 4.69) is 17.1 Å². The highest BCUT2D eigenvalue weighted by molar-refractivity contribution is 5.95. The summed E-state index contributed by atoms with van der Waals surface area (Å²) in [5.74, 6) is 1.62. The molecule has 0 saturated carbocycles. The summed E-state index contributed by atoms with van der Waals surface area (Å²) < 4.78 is 16.2. The molecule has 2 rings (SSSR count). The van der Waals surface area contributed by atoms with E-state index in [4.69, 9.17) is 14.2 Å². The van der Waals surface area contributed by atoms with Crippen molar-refractivity contribution in [3.63, 3.8) is 0 Å². The Labute approximate surface area is 153 Å². The van der Waals surface area contributed by atoms with E-state index >= 15 is 0 Å². The Morgan fingerprint density at radius 3 is 2.58 bits per heavy atom. The van der Waals surface area contributed by atoms with Gasteiger partial charge in [0, 0.05) is 5.56 Å². The zero-order valence-electron chi connectivity index (χ0n) is 14.9. The van der Waals surface area contributed by atoms with Crippen LogP contribution in [0.15, 0.2) is 60.2 Å². The number of hydrogen-bond donors (Lipinski definition) is 1. The summed E-state index contributed by atoms with van der Waals surface area (Å²) in [5.41, 5.74) is 3.75. The summed E-state index contributed by atoms with van der Waals surface area (Å²) in [6.07, 6.45) is 3.21. The minimum absolute atomic E-state index is 0.306. The third-order valence-electron chi connectivity index (χ3n) is 3.36. The van der Waals surface area contributed by atoms with Crippen LogP contribution in [-0.2, 0) is 0 Å². The molecule has 0 unspecified atom stereocenters. The van der Waals surface area contributed by atoms with E-state index in [-0.39, 0.29) is 5.91 Å². The van der Waals surface area contributed by atoms with Gasteiger partial charge in [0.05, 0.1) is 19.9 Å². The maximum absolute atomic E-state index is 12.1. The fourth-order valence-corrected chi connectivity index (χ4v) is 2.11. The fraction of sp³-hybridized carbons (Fsp3) is 0.200. The lowest BCUT2D eigenvalue weighted by Gasteiger charge is -2.11. The minimum atomic E-state index is -0.306. The first-order valence-electron chi connectivity index (χ1n) is 8.16. The van der Waals surface area contributed by atoms with E-state index in [0.29, 0.717) is 36.0 Å². The van der Waals surface area contributed by atoms with Crippen LogP contribution in [0, 0.1) is 0 Å². The topological polar surface area (TPSA) is 69.2 Å². The Morgan fingerprint density at radius 1 is 1.15 bits per heavy atom. The molecule has 0 aromatic heterocycles. The molecule has 6 nitrogen and oxygen atoms in total. The molecule has 6 heteroatoms. The summed E-state index contributed by atoms with van der Waals surface area (Å²) in [5, 5.41) is 3.99. The second kappa shape index (κ2) is 9.88. The average Bonchev–Trinajstić information content (AvgIpc) is 2.67. The first-order valence-corrected chi connectivity index (χ1v) is 8.16. The molecular weight excluding hydrogens is 332 g/mol. The highest BCUT2D eigenvalue weighted by Crippen LogP contribution is 2.28. The zero-order chi connectivity index (χ0) is 18.8. The lowest BCUT2D eigenvalue weighted by Crippen LogP contribution is -2.17. The Bertz CT molecular complexity index is 770. The summed E-state index contributed by atoms with van der Waals surface area (Å²) in [6.45, 7) is 6.43. The van der Waals surface area contributed by atoms with Gasteiger partial charge in [0.25, 0.3) is 5.91 Å². The molecule has 0 aliphatic heterocycles. The van der Waals surface area contributed by atoms with Gasteiger partial charge in [0.1, 0.15) is 12.4 Å². The highest BCUT2D eigenvalue weighted by atomic mass is 16.5. The molecule has 0 aliphatic carbocycles. The van der Waals surface area contributed by atoms with Crippen LogP contribution >= 0.6 is 0 Å². The zero-order valence-corrected chi connectivity index (χ0v) is 14.9. The van der Waals surface area contributed by atoms with Gasteiger partial charge < -0.3 is 14.2 Å². The van der Waals surface area contributed by atoms with Crippen LogP contribution in [0.5, 0.6) is 17.2 Å². The molecule has 26 heavy (non-hydrogen) atoms. The van der Waals surface area contributed by atoms with Crippen molar-refractivity contribution in [3.05, 3.63) is 66.2 Å². The summed E-state index contributed by atoms with van der Waals surface area (Å²) in [6, 6.07) is 12.2. The molecule has 0 fully saturated rings. The number of methoxy groups -OCH3 is 1. The van der Waals surface area contributed by atoms with E-state index < -0.39 is 0 Å². The third kappa shape index (κ3) is 5.37. The Balaban J connectivity index is 2.03. The van der Waals surface area contributed by atoms with Crippen molar-refractivity contribution in [1.82, 2.24) is 5.43 Å². The van der Waals surface area contributed by atoms with Crippen molar-refractivity contribution in [2.75, 3.05) is 20.3 Å². The molecule has 0 radical (unpaired) electrons. The standard InChI is InChI=1S/C20H22N2O4/c1-4-12-26-18-11-6-15(13-19(18)25-5-2)14-21-22-20(23)16-7-9-17(24-3)10-8-16/h4,6-11,13-14H,1,5,12H2,2-3H3,(H,22,23). The molecular formula is C20H22N2O4. The van der Waals surface area contributed by atoms with Gasteiger partial charge in [0.15, 0.2) is 11.5 Å². The Morgan fingerprint density at radius 2 is 1.92 bits per heavy atom. The second-order valence-corrected chi connectivity index (χ2v) is 5.17. The van der Waals surface area contributed by atoms with Crippen molar-refractivity contribution >= 4 is 12.1 Å². The lowest BCUT2D eigenvalue weighted by atomic mass is 10.2. The van der Waals surface area contributed by atoms with Crippen LogP contribution < -0.4 is 19.6 Å². The molecule has 0 atom stereocenters. The highest BCUT2D eigenvalue weighted by Gasteiger charge is 2.06. The summed E-state index contributed by atoms with van der Waals surface area (Å²) in [4.78, 5) is 12.1. The van der Waals surface area contributed by atoms with Crippen molar-refractivity contribution in [2.45, 2.75) is 6.92 Å². The van der Waals surface area contributed by atoms with Gasteiger partial charge >= 0.3 is 0 Å². The molecule has 0 saturated heterocycles. The normalized spacial score (nSPS) is 10.4. The van der Waals surface area contributed by atoms with Crippen molar-refractivity contribution in [1.29, 1.82) is 0 Å². The number of carbonyl (C=O) groups excluding carboxylic acids is 1. The molecule has 0 bridgehead atoms. The van der Waals surface area contributed by atoms with E-state index in [0.717, 1.165) is 5.56 Å². The molecule has 0 heterocycles. The maximum Gasteiger partial charge on any atom is 0.271 e. The van der Waals surface area contributed by atoms with Crippen LogP contribution in [0.3, 0.4) is 0 Å². The third-order valence-corrected chi connectivity index (χ3v) is 3.36. The number of carbonyl (C=O) groups is 1. The summed E-state index contributed by atoms with van der Waals surface area (Å²) in [7, 11) is 1.57. The number of hydrogen-bond acceptors (Lipinski definition) is 5. The predicted molar refractivity (Wildman–Crippen MR) is 101 cm³/mol. The number of nitrogens with zero attached hydrogens (tertiary/aromatic N) is 1. The van der Waals surface area contributed by atoms with Gasteiger partial charge in [-0.05, 0) is 55.0 Å². The fourth-order valence-electron chi connectivity index (χ4n) is 2.11. The van der Waals surface area contributed by atoms with E-state index in [1.54, 1.807) is 55.8 Å². The predicted octanol–water partition coefficient (Wildman–Crippen LogP) is 3.42. The van der Waals surface area contributed by atoms with E-state index in [1.807, 2.05) is 13.0 Å². The SMILES string of the molecule is C=CCOc1ccc(C=NNC(=O)c2ccc(OC)cc2)cc1OCC. The van der Waals surface area contributed by atoms with Gasteiger partial charge in [-0.25, -0.2) is 5.43 Å². The van der Waals surface area contributed by atoms with Crippen LogP contribution in [0.2, 0.25) is 0 Å². The number of benzene rings is 2. The molecule has 0 spiro atoms. The smallest absolute Gasteiger partial charge is 0.271 e. The van der Waals surface area contributed by atoms with Gasteiger partial charge in [-0.3, -0.25) is 4.79 Å². The van der Waals surface area contributed by atoms with Crippen LogP contribution in [-0.4, -0.2) is 32.4 Å². The van der Waals surface area contributed by atoms with Crippen LogP contribution in [0.25, 0.3) is 0 Å². The van der Waals surface area contributed by atoms with Crippen LogP contribution in [0.4, 0.5) is 0 Å². The number of nitrogens with one attached hydrogen (secondary N) is 1. The molecule has 1 N–H and O–H groups in total. The number of amides is 1. The molecule has 0 aliphatic rings. The summed E-state index contributed by atoms with van der Waals surface area (Å²) >= 11 is 0. The number of ether oxygens (including phenoxy) is 3. The van der Waals surface area contributed by atoms with Gasteiger partial charge in [-0.2, -0.15) is 5.10 Å². The first kappa shape index (κ1) is 19.1. The molecule has 2 aromatic carbocycles. The Hall–Kier alpha value is -3.28. The molecule has 1 amide bonds. The van der Waals surface area contributed by atoms with Gasteiger partial charge in [0.2, 0.25) is 0 Å². The van der Waals surface area contributed by atoms with Gasteiger partial charge in [-0.1, -0.05) is 12.7 Å². The first-order chi connectivity index (χ1) is 12.7. The van der Waals surface area contributed by atoms with E-state index in [1.165, 1.54) is 0 Å². The quantitative estimate of drug-likeness (QED) is 0.426. The number of rotatable bonds is 9. The lowest BCUT2D eigenvalue weighted by molar-refractivity contribution is 0.0955. The van der Waals surface area contributed by atoms with Crippen LogP contribution in [0.1, 0.15) is 22.8 Å². The minimum Gasteiger partial charge on any atom is -0.497 e.